The van der Waals surface area contributed by atoms with Gasteiger partial charge in [0, 0.05) is 12.1 Å². The van der Waals surface area contributed by atoms with Gasteiger partial charge in [0.2, 0.25) is 10.0 Å². The average Bonchev–Trinajstić information content (AvgIpc) is 2.29. The molecule has 0 bridgehead atoms. The van der Waals surface area contributed by atoms with Crippen LogP contribution in [-0.2, 0) is 16.6 Å². The molecule has 0 heterocycles. The zero-order valence-corrected chi connectivity index (χ0v) is 10.2. The third-order valence-corrected chi connectivity index (χ3v) is 4.08. The molecule has 0 amide bonds. The summed E-state index contributed by atoms with van der Waals surface area (Å²) in [7, 11) is -3.66. The van der Waals surface area contributed by atoms with Gasteiger partial charge in [0.25, 0.3) is 0 Å². The topological polar surface area (TPSA) is 90.2 Å². The Bertz CT molecular complexity index is 520. The SMILES string of the molecule is CCC(C#N)S(=O)(=O)NCc1ccccc1O. The van der Waals surface area contributed by atoms with Gasteiger partial charge in [-0.1, -0.05) is 25.1 Å². The van der Waals surface area contributed by atoms with E-state index in [4.69, 9.17) is 5.26 Å². The second-order valence-electron chi connectivity index (χ2n) is 3.52. The van der Waals surface area contributed by atoms with E-state index in [-0.39, 0.29) is 18.7 Å². The number of nitriles is 1. The van der Waals surface area contributed by atoms with Crippen molar-refractivity contribution in [3.8, 4) is 11.8 Å². The molecule has 1 atom stereocenters. The Morgan fingerprint density at radius 1 is 1.47 bits per heavy atom. The third-order valence-electron chi connectivity index (χ3n) is 2.34. The number of aromatic hydroxyl groups is 1. The number of phenolic OH excluding ortho intramolecular Hbond substituents is 1. The quantitative estimate of drug-likeness (QED) is 0.823. The minimum Gasteiger partial charge on any atom is -0.508 e. The lowest BCUT2D eigenvalue weighted by Crippen LogP contribution is -2.32. The van der Waals surface area contributed by atoms with E-state index in [0.29, 0.717) is 5.56 Å². The molecule has 0 aromatic heterocycles. The molecule has 1 rings (SSSR count). The summed E-state index contributed by atoms with van der Waals surface area (Å²) in [5.41, 5.74) is 0.476. The number of rotatable bonds is 5. The Morgan fingerprint density at radius 2 is 2.12 bits per heavy atom. The van der Waals surface area contributed by atoms with Crippen LogP contribution >= 0.6 is 0 Å². The lowest BCUT2D eigenvalue weighted by molar-refractivity contribution is 0.467. The van der Waals surface area contributed by atoms with Gasteiger partial charge in [-0.25, -0.2) is 13.1 Å². The maximum absolute atomic E-state index is 11.7. The molecule has 0 fully saturated rings. The van der Waals surface area contributed by atoms with Crippen LogP contribution in [0.1, 0.15) is 18.9 Å². The van der Waals surface area contributed by atoms with Crippen LogP contribution in [-0.4, -0.2) is 18.8 Å². The lowest BCUT2D eigenvalue weighted by atomic mass is 10.2. The fourth-order valence-electron chi connectivity index (χ4n) is 1.32. The molecule has 0 radical (unpaired) electrons. The Labute approximate surface area is 101 Å². The smallest absolute Gasteiger partial charge is 0.228 e. The number of sulfonamides is 1. The molecule has 1 aromatic rings. The van der Waals surface area contributed by atoms with E-state index in [2.05, 4.69) is 4.72 Å². The van der Waals surface area contributed by atoms with Crippen LogP contribution in [0.15, 0.2) is 24.3 Å². The second kappa shape index (κ2) is 5.66. The maximum Gasteiger partial charge on any atom is 0.228 e. The van der Waals surface area contributed by atoms with Crippen LogP contribution in [0.3, 0.4) is 0 Å². The normalized spacial score (nSPS) is 12.9. The van der Waals surface area contributed by atoms with Crippen molar-refractivity contribution >= 4 is 10.0 Å². The van der Waals surface area contributed by atoms with Gasteiger partial charge < -0.3 is 5.11 Å². The first-order chi connectivity index (χ1) is 8.01. The van der Waals surface area contributed by atoms with E-state index >= 15 is 0 Å². The van der Waals surface area contributed by atoms with Crippen molar-refractivity contribution in [2.75, 3.05) is 0 Å². The first-order valence-electron chi connectivity index (χ1n) is 5.16. The van der Waals surface area contributed by atoms with E-state index in [0.717, 1.165) is 0 Å². The molecule has 0 spiro atoms. The monoisotopic (exact) mass is 254 g/mol. The molecule has 0 saturated heterocycles. The summed E-state index contributed by atoms with van der Waals surface area (Å²) in [6.45, 7) is 1.61. The van der Waals surface area contributed by atoms with Gasteiger partial charge >= 0.3 is 0 Å². The highest BCUT2D eigenvalue weighted by Gasteiger charge is 2.22. The average molecular weight is 254 g/mol. The Kier molecular flexibility index (Phi) is 4.49. The van der Waals surface area contributed by atoms with Gasteiger partial charge in [-0.05, 0) is 12.5 Å². The van der Waals surface area contributed by atoms with Crippen molar-refractivity contribution in [1.29, 1.82) is 5.26 Å². The summed E-state index contributed by atoms with van der Waals surface area (Å²) in [4.78, 5) is 0. The number of benzene rings is 1. The molecule has 1 unspecified atom stereocenters. The van der Waals surface area contributed by atoms with Gasteiger partial charge in [0.1, 0.15) is 5.75 Å². The molecule has 1 aromatic carbocycles. The molecule has 0 aliphatic heterocycles. The summed E-state index contributed by atoms with van der Waals surface area (Å²) in [6.07, 6.45) is 0.229. The number of para-hydroxylation sites is 1. The van der Waals surface area contributed by atoms with Crippen LogP contribution in [0, 0.1) is 11.3 Å². The standard InChI is InChI=1S/C11H14N2O3S/c1-2-10(7-12)17(15,16)13-8-9-5-3-4-6-11(9)14/h3-6,10,13-14H,2,8H2,1H3. The highest BCUT2D eigenvalue weighted by atomic mass is 32.2. The minimum atomic E-state index is -3.66. The molecule has 17 heavy (non-hydrogen) atoms. The minimum absolute atomic E-state index is 0.0206. The van der Waals surface area contributed by atoms with Gasteiger partial charge in [-0.2, -0.15) is 5.26 Å². The number of nitrogens with zero attached hydrogens (tertiary/aromatic N) is 1. The Balaban J connectivity index is 2.75. The first kappa shape index (κ1) is 13.5. The van der Waals surface area contributed by atoms with Crippen molar-refractivity contribution in [1.82, 2.24) is 4.72 Å². The van der Waals surface area contributed by atoms with Crippen molar-refractivity contribution in [3.63, 3.8) is 0 Å². The van der Waals surface area contributed by atoms with Gasteiger partial charge in [-0.15, -0.1) is 0 Å². The highest BCUT2D eigenvalue weighted by Crippen LogP contribution is 2.15. The van der Waals surface area contributed by atoms with Gasteiger partial charge in [-0.3, -0.25) is 0 Å². The summed E-state index contributed by atoms with van der Waals surface area (Å²) < 4.78 is 25.6. The molecule has 5 nitrogen and oxygen atoms in total. The molecular weight excluding hydrogens is 240 g/mol. The fraction of sp³-hybridized carbons (Fsp3) is 0.364. The molecule has 0 aliphatic rings. The van der Waals surface area contributed by atoms with E-state index < -0.39 is 15.3 Å². The lowest BCUT2D eigenvalue weighted by Gasteiger charge is -2.10. The fourth-order valence-corrected chi connectivity index (χ4v) is 2.45. The largest absolute Gasteiger partial charge is 0.508 e. The van der Waals surface area contributed by atoms with E-state index in [1.54, 1.807) is 31.2 Å². The van der Waals surface area contributed by atoms with E-state index in [1.807, 2.05) is 0 Å². The van der Waals surface area contributed by atoms with Crippen LogP contribution < -0.4 is 4.72 Å². The first-order valence-corrected chi connectivity index (χ1v) is 6.71. The van der Waals surface area contributed by atoms with Crippen molar-refractivity contribution in [3.05, 3.63) is 29.8 Å². The predicted molar refractivity (Wildman–Crippen MR) is 63.6 cm³/mol. The number of nitrogens with one attached hydrogen (secondary N) is 1. The number of hydrogen-bond donors (Lipinski definition) is 2. The number of phenols is 1. The van der Waals surface area contributed by atoms with Crippen LogP contribution in [0.25, 0.3) is 0 Å². The predicted octanol–water partition coefficient (Wildman–Crippen LogP) is 1.11. The Morgan fingerprint density at radius 3 is 2.65 bits per heavy atom. The molecule has 2 N–H and O–H groups in total. The summed E-state index contributed by atoms with van der Waals surface area (Å²) in [5.74, 6) is 0.0280. The number of hydrogen-bond acceptors (Lipinski definition) is 4. The Hall–Kier alpha value is -1.58. The van der Waals surface area contributed by atoms with Gasteiger partial charge in [0.15, 0.2) is 5.25 Å². The molecule has 0 saturated carbocycles. The van der Waals surface area contributed by atoms with Crippen molar-refractivity contribution < 1.29 is 13.5 Å². The second-order valence-corrected chi connectivity index (χ2v) is 5.47. The molecular formula is C11H14N2O3S. The van der Waals surface area contributed by atoms with Crippen LogP contribution in [0.5, 0.6) is 5.75 Å². The van der Waals surface area contributed by atoms with Crippen molar-refractivity contribution in [2.24, 2.45) is 0 Å². The zero-order chi connectivity index (χ0) is 12.9. The summed E-state index contributed by atoms with van der Waals surface area (Å²) in [6, 6.07) is 8.17. The van der Waals surface area contributed by atoms with Crippen molar-refractivity contribution in [2.45, 2.75) is 25.1 Å². The highest BCUT2D eigenvalue weighted by molar-refractivity contribution is 7.90. The summed E-state index contributed by atoms with van der Waals surface area (Å²) in [5, 5.41) is 17.1. The van der Waals surface area contributed by atoms with Gasteiger partial charge in [0.05, 0.1) is 6.07 Å². The zero-order valence-electron chi connectivity index (χ0n) is 9.42. The van der Waals surface area contributed by atoms with E-state index in [9.17, 15) is 13.5 Å². The molecule has 0 aliphatic carbocycles. The maximum atomic E-state index is 11.7. The van der Waals surface area contributed by atoms with Crippen LogP contribution in [0.2, 0.25) is 0 Å². The van der Waals surface area contributed by atoms with Crippen LogP contribution in [0.4, 0.5) is 0 Å². The van der Waals surface area contributed by atoms with E-state index in [1.165, 1.54) is 6.07 Å². The third kappa shape index (κ3) is 3.44. The molecule has 92 valence electrons. The molecule has 6 heteroatoms. The summed E-state index contributed by atoms with van der Waals surface area (Å²) >= 11 is 0.